The lowest BCUT2D eigenvalue weighted by molar-refractivity contribution is -0.947. The first-order valence-electron chi connectivity index (χ1n) is 17.9. The van der Waals surface area contributed by atoms with E-state index in [2.05, 4.69) is 34.9 Å². The zero-order valence-corrected chi connectivity index (χ0v) is 34.6. The van der Waals surface area contributed by atoms with Crippen LogP contribution in [0.2, 0.25) is 0 Å². The van der Waals surface area contributed by atoms with Crippen molar-refractivity contribution < 1.29 is 74.6 Å². The van der Waals surface area contributed by atoms with Gasteiger partial charge in [0, 0.05) is 43.5 Å². The summed E-state index contributed by atoms with van der Waals surface area (Å²) in [5.74, 6) is 1.27. The zero-order valence-electron chi connectivity index (χ0n) is 28.3. The number of unbranched alkanes of at least 4 members (excludes halogenated alkanes) is 2. The summed E-state index contributed by atoms with van der Waals surface area (Å²) in [6, 6.07) is 0. The number of hydrogen-bond donors (Lipinski definition) is 2. The second-order valence-corrected chi connectivity index (χ2v) is 16.4. The van der Waals surface area contributed by atoms with Crippen molar-refractivity contribution in [2.24, 2.45) is 11.8 Å². The zero-order chi connectivity index (χ0) is 29.2. The molecule has 2 N–H and O–H groups in total. The fourth-order valence-corrected chi connectivity index (χ4v) is 9.42. The molecule has 8 rings (SSSR count). The molecule has 0 saturated carbocycles. The Morgan fingerprint density at radius 3 is 1.43 bits per heavy atom. The smallest absolute Gasteiger partial charge is 0.106 e. The van der Waals surface area contributed by atoms with Crippen molar-refractivity contribution in [3.8, 4) is 0 Å². The predicted octanol–water partition coefficient (Wildman–Crippen LogP) is -4.12. The Labute approximate surface area is 311 Å². The summed E-state index contributed by atoms with van der Waals surface area (Å²) in [6.45, 7) is 16.9. The lowest BCUT2D eigenvalue weighted by Crippen LogP contribution is -3.00. The largest absolute Gasteiger partial charge is 1.00 e. The summed E-state index contributed by atoms with van der Waals surface area (Å²) in [4.78, 5) is 2.35. The molecule has 0 aromatic carbocycles. The van der Waals surface area contributed by atoms with Gasteiger partial charge in [-0.3, -0.25) is 0 Å². The molecule has 264 valence electrons. The van der Waals surface area contributed by atoms with Crippen molar-refractivity contribution >= 4 is 15.9 Å². The fourth-order valence-electron chi connectivity index (χ4n) is 9.02. The summed E-state index contributed by atoms with van der Waals surface area (Å²) in [7, 11) is 4.88. The molecule has 8 aliphatic heterocycles. The summed E-state index contributed by atoms with van der Waals surface area (Å²) >= 11 is 3.49. The minimum absolute atomic E-state index is 0. The van der Waals surface area contributed by atoms with Crippen LogP contribution in [0.15, 0.2) is 0 Å². The quantitative estimate of drug-likeness (QED) is 0.141. The number of aliphatic hydroxyl groups is 2. The SMILES string of the molecule is C[N+]1(CCCCBr)CCCCC1.C[N+]1(CCCC[N+]23CCC(CC2)C(O)C3)CCCCC1.OC1CN2CCC1CC2.[Br-].[Br-].[Br-]. The second kappa shape index (κ2) is 21.7. The van der Waals surface area contributed by atoms with E-state index in [0.29, 0.717) is 11.8 Å². The minimum atomic E-state index is -0.00694. The van der Waals surface area contributed by atoms with Gasteiger partial charge in [-0.05, 0) is 83.2 Å². The van der Waals surface area contributed by atoms with Crippen LogP contribution in [0.5, 0.6) is 0 Å². The van der Waals surface area contributed by atoms with Crippen LogP contribution < -0.4 is 50.9 Å². The van der Waals surface area contributed by atoms with Crippen molar-refractivity contribution in [2.75, 3.05) is 105 Å². The Bertz CT molecular complexity index is 739. The summed E-state index contributed by atoms with van der Waals surface area (Å²) in [6.07, 6.45) is 19.2. The molecule has 4 bridgehead atoms. The summed E-state index contributed by atoms with van der Waals surface area (Å²) in [5.41, 5.74) is 0. The number of alkyl halides is 1. The van der Waals surface area contributed by atoms with Gasteiger partial charge >= 0.3 is 0 Å². The number of nitrogens with zero attached hydrogens (tertiary/aromatic N) is 4. The fraction of sp³-hybridized carbons (Fsp3) is 1.00. The van der Waals surface area contributed by atoms with Gasteiger partial charge in [-0.25, -0.2) is 0 Å². The number of fused-ring (bicyclic) bond motifs is 6. The Hall–Kier alpha value is 1.68. The van der Waals surface area contributed by atoms with Crippen LogP contribution in [0, 0.1) is 11.8 Å². The van der Waals surface area contributed by atoms with Gasteiger partial charge in [-0.2, -0.15) is 0 Å². The molecule has 0 radical (unpaired) electrons. The molecule has 0 aromatic heterocycles. The average molecular weight is 885 g/mol. The molecule has 44 heavy (non-hydrogen) atoms. The molecular formula is C34H68Br4N4O2. The topological polar surface area (TPSA) is 43.7 Å². The van der Waals surface area contributed by atoms with Gasteiger partial charge in [-0.1, -0.05) is 15.9 Å². The molecule has 6 nitrogen and oxygen atoms in total. The third-order valence-corrected chi connectivity index (χ3v) is 12.7. The number of quaternary nitrogens is 3. The second-order valence-electron chi connectivity index (χ2n) is 15.6. The standard InChI is InChI=1S/C17H34N2O.C10H21BrN.C7H13NO.3BrH/c1-18(9-3-2-4-10-18)11-5-6-12-19-13-7-16(8-14-19)17(20)15-19;1-12(10-6-3-7-11)8-4-2-5-9-12;9-7-5-8-3-1-6(7)2-4-8;;;/h16-17,20H,2-15H2,1H3;2-10H2,1H3;6-7,9H,1-5H2;3*1H/q+2;+1;;;;/p-3. The van der Waals surface area contributed by atoms with Crippen LogP contribution >= 0.6 is 15.9 Å². The average Bonchev–Trinajstić information content (AvgIpc) is 2.98. The Kier molecular flexibility index (Phi) is 21.6. The first kappa shape index (κ1) is 43.7. The van der Waals surface area contributed by atoms with Gasteiger partial charge in [-0.15, -0.1) is 0 Å². The molecule has 0 aromatic rings. The first-order chi connectivity index (χ1) is 19.7. The molecular weight excluding hydrogens is 816 g/mol. The summed E-state index contributed by atoms with van der Waals surface area (Å²) < 4.78 is 3.90. The number of rotatable bonds is 9. The minimum Gasteiger partial charge on any atom is -1.00 e. The van der Waals surface area contributed by atoms with E-state index in [1.807, 2.05) is 0 Å². The van der Waals surface area contributed by atoms with E-state index in [-0.39, 0.29) is 63.2 Å². The third kappa shape index (κ3) is 13.9. The Morgan fingerprint density at radius 2 is 1.05 bits per heavy atom. The highest BCUT2D eigenvalue weighted by molar-refractivity contribution is 9.09. The molecule has 8 fully saturated rings. The van der Waals surface area contributed by atoms with E-state index in [1.54, 1.807) is 0 Å². The Balaban J connectivity index is 0.000000347. The molecule has 0 aliphatic carbocycles. The highest BCUT2D eigenvalue weighted by Crippen LogP contribution is 2.34. The highest BCUT2D eigenvalue weighted by atomic mass is 79.9. The third-order valence-electron chi connectivity index (χ3n) is 12.1. The molecule has 8 heterocycles. The van der Waals surface area contributed by atoms with E-state index in [9.17, 15) is 10.2 Å². The van der Waals surface area contributed by atoms with Crippen LogP contribution in [-0.2, 0) is 0 Å². The highest BCUT2D eigenvalue weighted by Gasteiger charge is 2.44. The number of halogens is 4. The molecule has 2 unspecified atom stereocenters. The molecule has 2 atom stereocenters. The number of likely N-dealkylation sites (tertiary alicyclic amines) is 2. The van der Waals surface area contributed by atoms with E-state index in [4.69, 9.17) is 0 Å². The molecule has 0 spiro atoms. The number of hydrogen-bond acceptors (Lipinski definition) is 3. The first-order valence-corrected chi connectivity index (χ1v) is 19.0. The van der Waals surface area contributed by atoms with Crippen molar-refractivity contribution in [1.29, 1.82) is 0 Å². The predicted molar refractivity (Wildman–Crippen MR) is 175 cm³/mol. The monoisotopic (exact) mass is 880 g/mol. The molecule has 0 amide bonds. The van der Waals surface area contributed by atoms with Crippen LogP contribution in [0.1, 0.15) is 89.9 Å². The van der Waals surface area contributed by atoms with Crippen LogP contribution in [0.3, 0.4) is 0 Å². The van der Waals surface area contributed by atoms with Gasteiger partial charge in [0.25, 0.3) is 0 Å². The number of piperidine rings is 8. The number of aliphatic hydroxyl groups excluding tert-OH is 2. The van der Waals surface area contributed by atoms with Gasteiger partial charge in [0.05, 0.1) is 79.1 Å². The van der Waals surface area contributed by atoms with E-state index in [1.165, 1.54) is 181 Å². The maximum absolute atomic E-state index is 10.1. The van der Waals surface area contributed by atoms with Gasteiger partial charge in [0.15, 0.2) is 0 Å². The van der Waals surface area contributed by atoms with E-state index in [0.717, 1.165) is 13.1 Å². The van der Waals surface area contributed by atoms with E-state index >= 15 is 0 Å². The van der Waals surface area contributed by atoms with Crippen LogP contribution in [0.4, 0.5) is 0 Å². The molecule has 8 saturated heterocycles. The lowest BCUT2D eigenvalue weighted by atomic mass is 9.83. The van der Waals surface area contributed by atoms with Crippen molar-refractivity contribution in [3.63, 3.8) is 0 Å². The van der Waals surface area contributed by atoms with Crippen LogP contribution in [-0.4, -0.2) is 145 Å². The van der Waals surface area contributed by atoms with Gasteiger partial charge in [0.1, 0.15) is 12.6 Å². The normalized spacial score (nSPS) is 34.4. The van der Waals surface area contributed by atoms with Gasteiger partial charge < -0.3 is 79.5 Å². The molecule has 8 aliphatic rings. The molecule has 10 heteroatoms. The van der Waals surface area contributed by atoms with Gasteiger partial charge in [0.2, 0.25) is 0 Å². The van der Waals surface area contributed by atoms with E-state index < -0.39 is 0 Å². The van der Waals surface area contributed by atoms with Crippen molar-refractivity contribution in [2.45, 2.75) is 102 Å². The summed E-state index contributed by atoms with van der Waals surface area (Å²) in [5, 5.41) is 20.7. The van der Waals surface area contributed by atoms with Crippen LogP contribution in [0.25, 0.3) is 0 Å². The van der Waals surface area contributed by atoms with Crippen molar-refractivity contribution in [1.82, 2.24) is 4.90 Å². The Morgan fingerprint density at radius 1 is 0.591 bits per heavy atom. The van der Waals surface area contributed by atoms with Crippen molar-refractivity contribution in [3.05, 3.63) is 0 Å². The lowest BCUT2D eigenvalue weighted by Gasteiger charge is -2.51. The maximum Gasteiger partial charge on any atom is 0.106 e. The maximum atomic E-state index is 10.1.